The zero-order valence-corrected chi connectivity index (χ0v) is 14.2. The maximum Gasteiger partial charge on any atom is 0.241 e. The molecule has 0 fully saturated rings. The lowest BCUT2D eigenvalue weighted by Gasteiger charge is -2.20. The van der Waals surface area contributed by atoms with Crippen molar-refractivity contribution in [2.24, 2.45) is 0 Å². The van der Waals surface area contributed by atoms with Crippen LogP contribution in [0.4, 0.5) is 4.39 Å². The van der Waals surface area contributed by atoms with Gasteiger partial charge in [0.2, 0.25) is 10.0 Å². The molecule has 0 spiro atoms. The van der Waals surface area contributed by atoms with Crippen molar-refractivity contribution in [3.8, 4) is 0 Å². The Morgan fingerprint density at radius 1 is 1.08 bits per heavy atom. The molecule has 0 heterocycles. The van der Waals surface area contributed by atoms with Gasteiger partial charge in [0.1, 0.15) is 5.82 Å². The molecule has 0 saturated carbocycles. The van der Waals surface area contributed by atoms with E-state index in [0.29, 0.717) is 5.56 Å². The van der Waals surface area contributed by atoms with Crippen molar-refractivity contribution in [3.05, 3.63) is 77.6 Å². The topological polar surface area (TPSA) is 63.2 Å². The number of sulfonamides is 1. The number of ketones is 1. The van der Waals surface area contributed by atoms with Crippen LogP contribution < -0.4 is 4.72 Å². The van der Waals surface area contributed by atoms with Gasteiger partial charge in [0.15, 0.2) is 5.78 Å². The van der Waals surface area contributed by atoms with Crippen molar-refractivity contribution >= 4 is 15.8 Å². The van der Waals surface area contributed by atoms with E-state index in [1.54, 1.807) is 12.1 Å². The van der Waals surface area contributed by atoms with E-state index in [1.165, 1.54) is 43.3 Å². The van der Waals surface area contributed by atoms with Gasteiger partial charge >= 0.3 is 0 Å². The first-order chi connectivity index (χ1) is 11.2. The summed E-state index contributed by atoms with van der Waals surface area (Å²) in [4.78, 5) is 11.8. The van der Waals surface area contributed by atoms with E-state index >= 15 is 0 Å². The van der Waals surface area contributed by atoms with Crippen LogP contribution in [0.25, 0.3) is 0 Å². The molecule has 0 amide bonds. The summed E-state index contributed by atoms with van der Waals surface area (Å²) in [5.41, 5.74) is 1.45. The Bertz CT molecular complexity index is 856. The largest absolute Gasteiger partial charge is 0.295 e. The molecular formula is C18H18FNO3S. The molecular weight excluding hydrogens is 329 g/mol. The summed E-state index contributed by atoms with van der Waals surface area (Å²) >= 11 is 0. The van der Waals surface area contributed by atoms with Gasteiger partial charge in [-0.3, -0.25) is 4.79 Å². The molecule has 1 atom stereocenters. The van der Waals surface area contributed by atoms with Gasteiger partial charge in [0, 0.05) is 5.57 Å². The second-order valence-corrected chi connectivity index (χ2v) is 7.21. The van der Waals surface area contributed by atoms with Crippen molar-refractivity contribution in [3.63, 3.8) is 0 Å². The van der Waals surface area contributed by atoms with E-state index in [0.717, 1.165) is 5.56 Å². The normalized spacial score (nSPS) is 12.6. The number of Topliss-reactive ketones (excluding diaryl/α,β-unsaturated/α-hetero) is 1. The van der Waals surface area contributed by atoms with Gasteiger partial charge in [-0.05, 0) is 43.7 Å². The summed E-state index contributed by atoms with van der Waals surface area (Å²) < 4.78 is 40.8. The van der Waals surface area contributed by atoms with E-state index in [-0.39, 0.29) is 16.3 Å². The zero-order chi connectivity index (χ0) is 17.9. The van der Waals surface area contributed by atoms with E-state index in [2.05, 4.69) is 11.3 Å². The number of hydrogen-bond donors (Lipinski definition) is 1. The first-order valence-electron chi connectivity index (χ1n) is 7.25. The van der Waals surface area contributed by atoms with Gasteiger partial charge in [0.05, 0.1) is 10.9 Å². The van der Waals surface area contributed by atoms with Crippen LogP contribution in [-0.2, 0) is 14.8 Å². The van der Waals surface area contributed by atoms with Gasteiger partial charge in [-0.25, -0.2) is 12.8 Å². The number of carbonyl (C=O) groups is 1. The molecule has 4 nitrogen and oxygen atoms in total. The van der Waals surface area contributed by atoms with Crippen molar-refractivity contribution in [1.82, 2.24) is 4.72 Å². The molecule has 24 heavy (non-hydrogen) atoms. The van der Waals surface area contributed by atoms with Crippen LogP contribution in [0.3, 0.4) is 0 Å². The Morgan fingerprint density at radius 3 is 2.12 bits per heavy atom. The molecule has 1 N–H and O–H groups in total. The SMILES string of the molecule is C=C(C(C)=O)C(NS(=O)(=O)c1ccc(C)cc1)c1ccc(F)cc1. The summed E-state index contributed by atoms with van der Waals surface area (Å²) in [6, 6.07) is 10.6. The van der Waals surface area contributed by atoms with Crippen LogP contribution in [-0.4, -0.2) is 14.2 Å². The second kappa shape index (κ2) is 7.07. The van der Waals surface area contributed by atoms with Crippen LogP contribution in [0.15, 0.2) is 65.6 Å². The number of hydrogen-bond acceptors (Lipinski definition) is 3. The number of nitrogens with one attached hydrogen (secondary N) is 1. The maximum atomic E-state index is 13.1. The fourth-order valence-corrected chi connectivity index (χ4v) is 3.36. The van der Waals surface area contributed by atoms with Crippen molar-refractivity contribution in [2.75, 3.05) is 0 Å². The number of carbonyl (C=O) groups excluding carboxylic acids is 1. The first-order valence-corrected chi connectivity index (χ1v) is 8.73. The molecule has 0 radical (unpaired) electrons. The van der Waals surface area contributed by atoms with Gasteiger partial charge < -0.3 is 0 Å². The van der Waals surface area contributed by atoms with E-state index in [9.17, 15) is 17.6 Å². The molecule has 0 aromatic heterocycles. The van der Waals surface area contributed by atoms with E-state index in [4.69, 9.17) is 0 Å². The van der Waals surface area contributed by atoms with Gasteiger partial charge in [0.25, 0.3) is 0 Å². The minimum atomic E-state index is -3.87. The summed E-state index contributed by atoms with van der Waals surface area (Å²) in [5, 5.41) is 0. The van der Waals surface area contributed by atoms with Gasteiger partial charge in [-0.1, -0.05) is 36.4 Å². The Balaban J connectivity index is 2.41. The number of aryl methyl sites for hydroxylation is 1. The molecule has 2 rings (SSSR count). The lowest BCUT2D eigenvalue weighted by Crippen LogP contribution is -2.31. The highest BCUT2D eigenvalue weighted by molar-refractivity contribution is 7.89. The third-order valence-electron chi connectivity index (χ3n) is 3.61. The standard InChI is InChI=1S/C18H18FNO3S/c1-12-4-10-17(11-5-12)24(22,23)20-18(13(2)14(3)21)15-6-8-16(19)9-7-15/h4-11,18,20H,2H2,1,3H3. The molecule has 0 aliphatic rings. The Labute approximate surface area is 141 Å². The Morgan fingerprint density at radius 2 is 1.62 bits per heavy atom. The molecule has 6 heteroatoms. The maximum absolute atomic E-state index is 13.1. The Hall–Kier alpha value is -2.31. The highest BCUT2D eigenvalue weighted by atomic mass is 32.2. The predicted molar refractivity (Wildman–Crippen MR) is 90.5 cm³/mol. The zero-order valence-electron chi connectivity index (χ0n) is 13.4. The third-order valence-corrected chi connectivity index (χ3v) is 5.05. The molecule has 2 aromatic carbocycles. The minimum absolute atomic E-state index is 0.0802. The first kappa shape index (κ1) is 18.0. The van der Waals surface area contributed by atoms with Crippen LogP contribution in [0.2, 0.25) is 0 Å². The molecule has 0 bridgehead atoms. The fourth-order valence-electron chi connectivity index (χ4n) is 2.14. The number of halogens is 1. The van der Waals surface area contributed by atoms with Crippen molar-refractivity contribution < 1.29 is 17.6 Å². The number of rotatable bonds is 6. The lowest BCUT2D eigenvalue weighted by atomic mass is 9.98. The van der Waals surface area contributed by atoms with E-state index in [1.807, 2.05) is 6.92 Å². The molecule has 0 aliphatic heterocycles. The molecule has 0 saturated heterocycles. The van der Waals surface area contributed by atoms with Crippen LogP contribution >= 0.6 is 0 Å². The third kappa shape index (κ3) is 4.15. The number of benzene rings is 2. The summed E-state index contributed by atoms with van der Waals surface area (Å²) in [5.74, 6) is -0.803. The second-order valence-electron chi connectivity index (χ2n) is 5.50. The van der Waals surface area contributed by atoms with Crippen LogP contribution in [0.1, 0.15) is 24.1 Å². The van der Waals surface area contributed by atoms with Crippen molar-refractivity contribution in [1.29, 1.82) is 0 Å². The van der Waals surface area contributed by atoms with Crippen LogP contribution in [0, 0.1) is 12.7 Å². The predicted octanol–water partition coefficient (Wildman–Crippen LogP) is 3.30. The molecule has 0 aliphatic carbocycles. The van der Waals surface area contributed by atoms with E-state index < -0.39 is 21.9 Å². The van der Waals surface area contributed by atoms with Crippen LogP contribution in [0.5, 0.6) is 0 Å². The molecule has 1 unspecified atom stereocenters. The quantitative estimate of drug-likeness (QED) is 0.816. The summed E-state index contributed by atoms with van der Waals surface area (Å²) in [6.45, 7) is 6.83. The Kier molecular flexibility index (Phi) is 5.31. The lowest BCUT2D eigenvalue weighted by molar-refractivity contribution is -0.113. The molecule has 126 valence electrons. The average molecular weight is 347 g/mol. The summed E-state index contributed by atoms with van der Waals surface area (Å²) in [7, 11) is -3.87. The molecule has 2 aromatic rings. The minimum Gasteiger partial charge on any atom is -0.295 e. The summed E-state index contributed by atoms with van der Waals surface area (Å²) in [6.07, 6.45) is 0. The highest BCUT2D eigenvalue weighted by Gasteiger charge is 2.25. The van der Waals surface area contributed by atoms with Gasteiger partial charge in [-0.15, -0.1) is 0 Å². The highest BCUT2D eigenvalue weighted by Crippen LogP contribution is 2.24. The van der Waals surface area contributed by atoms with Gasteiger partial charge in [-0.2, -0.15) is 4.72 Å². The van der Waals surface area contributed by atoms with Crippen molar-refractivity contribution in [2.45, 2.75) is 24.8 Å². The fraction of sp³-hybridized carbons (Fsp3) is 0.167. The monoisotopic (exact) mass is 347 g/mol. The smallest absolute Gasteiger partial charge is 0.241 e. The average Bonchev–Trinajstić information content (AvgIpc) is 2.53.